The van der Waals surface area contributed by atoms with Gasteiger partial charge in [0, 0.05) is 0 Å². The molecule has 33 heavy (non-hydrogen) atoms. The normalized spacial score (nSPS) is 13.4. The van der Waals surface area contributed by atoms with Gasteiger partial charge in [-0.25, -0.2) is 4.98 Å². The predicted octanol–water partition coefficient (Wildman–Crippen LogP) is 6.79. The molecule has 1 aliphatic heterocycles. The molecule has 7 heteroatoms. The molecule has 0 N–H and O–H groups in total. The van der Waals surface area contributed by atoms with E-state index in [1.54, 1.807) is 0 Å². The van der Waals surface area contributed by atoms with E-state index in [4.69, 9.17) is 23.1 Å². The maximum absolute atomic E-state index is 6.30. The summed E-state index contributed by atoms with van der Waals surface area (Å²) in [5.41, 5.74) is 4.02. The number of ether oxygens (including phenoxy) is 3. The molecule has 0 saturated carbocycles. The number of aryl methyl sites for hydroxylation is 1. The van der Waals surface area contributed by atoms with Crippen molar-refractivity contribution in [3.05, 3.63) is 59.3 Å². The lowest BCUT2D eigenvalue weighted by molar-refractivity contribution is 0.174. The van der Waals surface area contributed by atoms with Gasteiger partial charge >= 0.3 is 0 Å². The van der Waals surface area contributed by atoms with Crippen LogP contribution in [0.2, 0.25) is 18.1 Å². The number of hydrogen-bond acceptors (Lipinski definition) is 6. The van der Waals surface area contributed by atoms with Gasteiger partial charge in [0.1, 0.15) is 5.75 Å². The summed E-state index contributed by atoms with van der Waals surface area (Å²) in [5, 5.41) is 0.146. The number of benzene rings is 2. The molecule has 176 valence electrons. The molecule has 0 bridgehead atoms. The Labute approximate surface area is 197 Å². The number of oxazole rings is 1. The van der Waals surface area contributed by atoms with E-state index in [1.807, 2.05) is 37.3 Å². The highest BCUT2D eigenvalue weighted by Crippen LogP contribution is 2.39. The molecule has 2 heterocycles. The van der Waals surface area contributed by atoms with Crippen molar-refractivity contribution in [2.24, 2.45) is 0 Å². The third-order valence-electron chi connectivity index (χ3n) is 6.63. The predicted molar refractivity (Wildman–Crippen MR) is 130 cm³/mol. The Morgan fingerprint density at radius 2 is 1.76 bits per heavy atom. The molecule has 0 amide bonds. The van der Waals surface area contributed by atoms with Gasteiger partial charge in [0.25, 0.3) is 0 Å². The first-order valence-electron chi connectivity index (χ1n) is 11.3. The average Bonchev–Trinajstić information content (AvgIpc) is 3.36. The molecule has 0 unspecified atom stereocenters. The SMILES string of the molecule is Cc1nc(COc2cccc(-c3ccc4c(c3)OCO4)c2C)oc1CO[Si](C)(C)C(C)(C)C. The van der Waals surface area contributed by atoms with Crippen LogP contribution in [-0.2, 0) is 17.6 Å². The highest BCUT2D eigenvalue weighted by atomic mass is 28.4. The second-order valence-corrected chi connectivity index (χ2v) is 14.8. The van der Waals surface area contributed by atoms with Crippen molar-refractivity contribution < 1.29 is 23.1 Å². The summed E-state index contributed by atoms with van der Waals surface area (Å²) in [6.45, 7) is 16.1. The van der Waals surface area contributed by atoms with Gasteiger partial charge in [-0.2, -0.15) is 0 Å². The third kappa shape index (κ3) is 4.94. The third-order valence-corrected chi connectivity index (χ3v) is 11.1. The molecule has 1 aliphatic rings. The van der Waals surface area contributed by atoms with Crippen molar-refractivity contribution in [2.75, 3.05) is 6.79 Å². The Morgan fingerprint density at radius 1 is 1.00 bits per heavy atom. The number of rotatable bonds is 7. The number of nitrogens with zero attached hydrogens (tertiary/aromatic N) is 1. The van der Waals surface area contributed by atoms with Gasteiger partial charge in [0.15, 0.2) is 32.2 Å². The lowest BCUT2D eigenvalue weighted by atomic mass is 9.99. The molecule has 0 spiro atoms. The molecule has 6 nitrogen and oxygen atoms in total. The number of fused-ring (bicyclic) bond motifs is 1. The molecule has 3 aromatic rings. The standard InChI is InChI=1S/C26H33NO5Si/c1-17-20(19-11-12-22-23(13-19)30-16-29-22)9-8-10-21(17)28-15-25-27-18(2)24(32-25)14-31-33(6,7)26(3,4)5/h8-13H,14-16H2,1-7H3. The summed E-state index contributed by atoms with van der Waals surface area (Å²) < 4.78 is 29.3. The highest BCUT2D eigenvalue weighted by Gasteiger charge is 2.37. The smallest absolute Gasteiger partial charge is 0.232 e. The van der Waals surface area contributed by atoms with Crippen LogP contribution in [0.1, 0.15) is 43.7 Å². The molecular weight excluding hydrogens is 434 g/mol. The molecule has 2 aromatic carbocycles. The molecule has 0 aliphatic carbocycles. The van der Waals surface area contributed by atoms with Crippen LogP contribution in [0.15, 0.2) is 40.8 Å². The van der Waals surface area contributed by atoms with Gasteiger partial charge in [0.2, 0.25) is 12.7 Å². The summed E-state index contributed by atoms with van der Waals surface area (Å²) in [5.74, 6) is 3.65. The summed E-state index contributed by atoms with van der Waals surface area (Å²) >= 11 is 0. The Balaban J connectivity index is 1.45. The van der Waals surface area contributed by atoms with E-state index in [-0.39, 0.29) is 18.4 Å². The molecular formula is C26H33NO5Si. The van der Waals surface area contributed by atoms with Crippen molar-refractivity contribution in [1.29, 1.82) is 0 Å². The fourth-order valence-electron chi connectivity index (χ4n) is 3.43. The second-order valence-electron chi connectivity index (χ2n) is 9.95. The largest absolute Gasteiger partial charge is 0.484 e. The molecule has 4 rings (SSSR count). The van der Waals surface area contributed by atoms with Crippen molar-refractivity contribution in [3.63, 3.8) is 0 Å². The van der Waals surface area contributed by atoms with E-state index < -0.39 is 8.32 Å². The van der Waals surface area contributed by atoms with Crippen LogP contribution in [0.3, 0.4) is 0 Å². The van der Waals surface area contributed by atoms with E-state index in [0.717, 1.165) is 45.4 Å². The zero-order valence-electron chi connectivity index (χ0n) is 20.6. The summed E-state index contributed by atoms with van der Waals surface area (Å²) in [6, 6.07) is 12.0. The minimum atomic E-state index is -1.86. The van der Waals surface area contributed by atoms with E-state index in [0.29, 0.717) is 12.5 Å². The van der Waals surface area contributed by atoms with Crippen LogP contribution in [0.5, 0.6) is 17.2 Å². The Bertz CT molecular complexity index is 1150. The number of aromatic nitrogens is 1. The van der Waals surface area contributed by atoms with E-state index in [1.165, 1.54) is 0 Å². The first-order chi connectivity index (χ1) is 15.5. The minimum Gasteiger partial charge on any atom is -0.484 e. The minimum absolute atomic E-state index is 0.146. The fourth-order valence-corrected chi connectivity index (χ4v) is 4.36. The van der Waals surface area contributed by atoms with Crippen molar-refractivity contribution in [3.8, 4) is 28.4 Å². The zero-order chi connectivity index (χ0) is 23.8. The maximum atomic E-state index is 6.30. The van der Waals surface area contributed by atoms with Crippen molar-refractivity contribution >= 4 is 8.32 Å². The van der Waals surface area contributed by atoms with Crippen LogP contribution < -0.4 is 14.2 Å². The van der Waals surface area contributed by atoms with Gasteiger partial charge in [-0.3, -0.25) is 0 Å². The second kappa shape index (κ2) is 8.87. The first kappa shape index (κ1) is 23.4. The van der Waals surface area contributed by atoms with Crippen LogP contribution in [0.25, 0.3) is 11.1 Å². The molecule has 0 saturated heterocycles. The van der Waals surface area contributed by atoms with E-state index in [9.17, 15) is 0 Å². The Kier molecular flexibility index (Phi) is 6.29. The van der Waals surface area contributed by atoms with E-state index in [2.05, 4.69) is 51.8 Å². The van der Waals surface area contributed by atoms with Crippen LogP contribution >= 0.6 is 0 Å². The molecule has 1 aromatic heterocycles. The van der Waals surface area contributed by atoms with Crippen molar-refractivity contribution in [2.45, 2.75) is 66.0 Å². The topological polar surface area (TPSA) is 63.0 Å². The molecule has 0 atom stereocenters. The van der Waals surface area contributed by atoms with Crippen LogP contribution in [-0.4, -0.2) is 20.1 Å². The first-order valence-corrected chi connectivity index (χ1v) is 14.2. The molecule has 0 fully saturated rings. The van der Waals surface area contributed by atoms with Crippen molar-refractivity contribution in [1.82, 2.24) is 4.98 Å². The van der Waals surface area contributed by atoms with Gasteiger partial charge in [0.05, 0.1) is 12.3 Å². The van der Waals surface area contributed by atoms with Crippen LogP contribution in [0, 0.1) is 13.8 Å². The summed E-state index contributed by atoms with van der Waals surface area (Å²) in [4.78, 5) is 4.55. The van der Waals surface area contributed by atoms with Gasteiger partial charge in [-0.05, 0) is 66.9 Å². The lowest BCUT2D eigenvalue weighted by Gasteiger charge is -2.35. The monoisotopic (exact) mass is 467 g/mol. The Hall–Kier alpha value is -2.77. The maximum Gasteiger partial charge on any atom is 0.232 e. The summed E-state index contributed by atoms with van der Waals surface area (Å²) in [7, 11) is -1.86. The van der Waals surface area contributed by atoms with E-state index >= 15 is 0 Å². The Morgan fingerprint density at radius 3 is 2.52 bits per heavy atom. The highest BCUT2D eigenvalue weighted by molar-refractivity contribution is 6.74. The fraction of sp³-hybridized carbons (Fsp3) is 0.423. The quantitative estimate of drug-likeness (QED) is 0.357. The van der Waals surface area contributed by atoms with Gasteiger partial charge < -0.3 is 23.1 Å². The van der Waals surface area contributed by atoms with Gasteiger partial charge in [-0.1, -0.05) is 39.0 Å². The lowest BCUT2D eigenvalue weighted by Crippen LogP contribution is -2.40. The zero-order valence-corrected chi connectivity index (χ0v) is 21.6. The van der Waals surface area contributed by atoms with Gasteiger partial charge in [-0.15, -0.1) is 0 Å². The average molecular weight is 468 g/mol. The summed E-state index contributed by atoms with van der Waals surface area (Å²) in [6.07, 6.45) is 0. The number of hydrogen-bond donors (Lipinski definition) is 0. The van der Waals surface area contributed by atoms with Crippen LogP contribution in [0.4, 0.5) is 0 Å². The molecule has 0 radical (unpaired) electrons.